The molecule has 0 radical (unpaired) electrons. The summed E-state index contributed by atoms with van der Waals surface area (Å²) in [5.74, 6) is -0.227. The van der Waals surface area contributed by atoms with Gasteiger partial charge in [-0.25, -0.2) is 23.1 Å². The second-order valence-electron chi connectivity index (χ2n) is 7.77. The Morgan fingerprint density at radius 1 is 0.914 bits per heavy atom. The van der Waals surface area contributed by atoms with E-state index in [4.69, 9.17) is 11.6 Å². The Kier molecular flexibility index (Phi) is 7.43. The Morgan fingerprint density at radius 3 is 2.31 bits per heavy atom. The summed E-state index contributed by atoms with van der Waals surface area (Å²) in [5, 5.41) is 3.47. The monoisotopic (exact) mass is 506 g/mol. The van der Waals surface area contributed by atoms with E-state index in [9.17, 15) is 13.2 Å². The van der Waals surface area contributed by atoms with Crippen molar-refractivity contribution in [1.29, 1.82) is 0 Å². The number of rotatable bonds is 8. The van der Waals surface area contributed by atoms with E-state index in [1.54, 1.807) is 19.1 Å². The van der Waals surface area contributed by atoms with E-state index in [0.29, 0.717) is 28.8 Å². The van der Waals surface area contributed by atoms with Crippen LogP contribution in [0.3, 0.4) is 0 Å². The third kappa shape index (κ3) is 6.03. The van der Waals surface area contributed by atoms with E-state index >= 15 is 0 Å². The van der Waals surface area contributed by atoms with Gasteiger partial charge >= 0.3 is 0 Å². The topological polar surface area (TPSA) is 101 Å². The van der Waals surface area contributed by atoms with E-state index in [0.717, 1.165) is 16.7 Å². The van der Waals surface area contributed by atoms with Crippen LogP contribution in [0.4, 0.5) is 11.6 Å². The van der Waals surface area contributed by atoms with Gasteiger partial charge < -0.3 is 5.32 Å². The first-order chi connectivity index (χ1) is 16.9. The molecule has 0 unspecified atom stereocenters. The van der Waals surface area contributed by atoms with Crippen molar-refractivity contribution in [2.75, 3.05) is 5.32 Å². The molecule has 0 atom stereocenters. The lowest BCUT2D eigenvalue weighted by molar-refractivity contribution is -0.119. The Morgan fingerprint density at radius 2 is 1.60 bits per heavy atom. The van der Waals surface area contributed by atoms with Crippen molar-refractivity contribution in [2.45, 2.75) is 24.7 Å². The maximum atomic E-state index is 12.4. The van der Waals surface area contributed by atoms with Gasteiger partial charge in [0.1, 0.15) is 0 Å². The average molecular weight is 507 g/mol. The average Bonchev–Trinajstić information content (AvgIpc) is 2.86. The van der Waals surface area contributed by atoms with Gasteiger partial charge in [-0.05, 0) is 47.9 Å². The number of sulfonamides is 1. The Bertz CT molecular complexity index is 1440. The van der Waals surface area contributed by atoms with Gasteiger partial charge in [0.15, 0.2) is 0 Å². The highest BCUT2D eigenvalue weighted by Crippen LogP contribution is 2.30. The number of nitrogens with one attached hydrogen (secondary N) is 2. The molecule has 0 aliphatic carbocycles. The molecule has 9 heteroatoms. The van der Waals surface area contributed by atoms with Gasteiger partial charge in [-0.3, -0.25) is 4.79 Å². The van der Waals surface area contributed by atoms with Crippen LogP contribution in [0.2, 0.25) is 5.02 Å². The highest BCUT2D eigenvalue weighted by Gasteiger charge is 2.17. The SMILES string of the molecule is CCCC(=O)NS(=O)(=O)c1ccc(Nc2ncc(Cl)c(-c3cccc(-c4ccccc4)c3)n2)cc1. The molecule has 0 fully saturated rings. The summed E-state index contributed by atoms with van der Waals surface area (Å²) < 4.78 is 26.8. The summed E-state index contributed by atoms with van der Waals surface area (Å²) in [5.41, 5.74) is 4.11. The molecule has 4 aromatic rings. The molecule has 1 aromatic heterocycles. The number of aromatic nitrogens is 2. The first-order valence-corrected chi connectivity index (χ1v) is 12.8. The van der Waals surface area contributed by atoms with Crippen molar-refractivity contribution in [2.24, 2.45) is 0 Å². The van der Waals surface area contributed by atoms with Gasteiger partial charge in [0.05, 0.1) is 21.8 Å². The molecule has 0 saturated heterocycles. The fourth-order valence-electron chi connectivity index (χ4n) is 3.44. The van der Waals surface area contributed by atoms with Crippen LogP contribution in [0, 0.1) is 0 Å². The zero-order valence-corrected chi connectivity index (χ0v) is 20.5. The minimum atomic E-state index is -3.92. The smallest absolute Gasteiger partial charge is 0.264 e. The van der Waals surface area contributed by atoms with E-state index < -0.39 is 15.9 Å². The fourth-order valence-corrected chi connectivity index (χ4v) is 4.65. The maximum absolute atomic E-state index is 12.4. The summed E-state index contributed by atoms with van der Waals surface area (Å²) >= 11 is 6.41. The molecule has 2 N–H and O–H groups in total. The largest absolute Gasteiger partial charge is 0.324 e. The summed E-state index contributed by atoms with van der Waals surface area (Å²) in [4.78, 5) is 20.5. The summed E-state index contributed by atoms with van der Waals surface area (Å²) in [6, 6.07) is 23.9. The van der Waals surface area contributed by atoms with Crippen LogP contribution in [0.15, 0.2) is 90.0 Å². The molecule has 1 heterocycles. The lowest BCUT2D eigenvalue weighted by Gasteiger charge is -2.11. The van der Waals surface area contributed by atoms with Crippen LogP contribution >= 0.6 is 11.6 Å². The van der Waals surface area contributed by atoms with Gasteiger partial charge in [-0.15, -0.1) is 0 Å². The predicted molar refractivity (Wildman–Crippen MR) is 138 cm³/mol. The maximum Gasteiger partial charge on any atom is 0.264 e. The van der Waals surface area contributed by atoms with Crippen molar-refractivity contribution in [3.05, 3.63) is 90.1 Å². The van der Waals surface area contributed by atoms with E-state index in [1.165, 1.54) is 18.3 Å². The highest BCUT2D eigenvalue weighted by atomic mass is 35.5. The quantitative estimate of drug-likeness (QED) is 0.312. The first-order valence-electron chi connectivity index (χ1n) is 11.0. The lowest BCUT2D eigenvalue weighted by Crippen LogP contribution is -2.30. The third-order valence-corrected chi connectivity index (χ3v) is 6.80. The normalized spacial score (nSPS) is 11.1. The minimum absolute atomic E-state index is 0.0112. The van der Waals surface area contributed by atoms with E-state index in [1.807, 2.05) is 54.6 Å². The second kappa shape index (κ2) is 10.7. The van der Waals surface area contributed by atoms with Crippen molar-refractivity contribution in [1.82, 2.24) is 14.7 Å². The lowest BCUT2D eigenvalue weighted by atomic mass is 10.0. The zero-order valence-electron chi connectivity index (χ0n) is 18.9. The molecular weight excluding hydrogens is 484 g/mol. The van der Waals surface area contributed by atoms with Crippen molar-refractivity contribution in [3.8, 4) is 22.4 Å². The second-order valence-corrected chi connectivity index (χ2v) is 9.85. The van der Waals surface area contributed by atoms with Crippen LogP contribution in [0.1, 0.15) is 19.8 Å². The number of halogens is 1. The molecule has 178 valence electrons. The molecule has 0 aliphatic heterocycles. The molecule has 0 aliphatic rings. The number of carbonyl (C=O) groups is 1. The summed E-state index contributed by atoms with van der Waals surface area (Å²) in [7, 11) is -3.92. The third-order valence-electron chi connectivity index (χ3n) is 5.13. The van der Waals surface area contributed by atoms with Gasteiger partial charge in [-0.2, -0.15) is 0 Å². The number of anilines is 2. The van der Waals surface area contributed by atoms with Crippen molar-refractivity contribution < 1.29 is 13.2 Å². The van der Waals surface area contributed by atoms with Gasteiger partial charge in [0.2, 0.25) is 11.9 Å². The Hall–Kier alpha value is -3.75. The predicted octanol–water partition coefficient (Wildman–Crippen LogP) is 5.81. The number of hydrogen-bond donors (Lipinski definition) is 2. The van der Waals surface area contributed by atoms with E-state index in [-0.39, 0.29) is 11.3 Å². The molecule has 3 aromatic carbocycles. The number of hydrogen-bond acceptors (Lipinski definition) is 6. The van der Waals surface area contributed by atoms with Crippen LogP contribution < -0.4 is 10.0 Å². The minimum Gasteiger partial charge on any atom is -0.324 e. The fraction of sp³-hybridized carbons (Fsp3) is 0.115. The van der Waals surface area contributed by atoms with Crippen LogP contribution in [0.25, 0.3) is 22.4 Å². The number of amides is 1. The van der Waals surface area contributed by atoms with Crippen molar-refractivity contribution in [3.63, 3.8) is 0 Å². The molecular formula is C26H23ClN4O3S. The molecule has 0 bridgehead atoms. The highest BCUT2D eigenvalue weighted by molar-refractivity contribution is 7.90. The molecule has 0 spiro atoms. The van der Waals surface area contributed by atoms with Crippen LogP contribution in [0.5, 0.6) is 0 Å². The number of nitrogens with zero attached hydrogens (tertiary/aromatic N) is 2. The zero-order chi connectivity index (χ0) is 24.8. The number of benzene rings is 3. The molecule has 4 rings (SSSR count). The molecule has 7 nitrogen and oxygen atoms in total. The van der Waals surface area contributed by atoms with Crippen LogP contribution in [-0.2, 0) is 14.8 Å². The summed E-state index contributed by atoms with van der Waals surface area (Å²) in [6.45, 7) is 1.80. The standard InChI is InChI=1S/C26H23ClN4O3S/c1-2-7-24(32)31-35(33,34)22-14-12-21(13-15-22)29-26-28-17-23(27)25(30-26)20-11-6-10-19(16-20)18-8-4-3-5-9-18/h3-6,8-17H,2,7H2,1H3,(H,31,32)(H,28,29,30). The van der Waals surface area contributed by atoms with Gasteiger partial charge in [0.25, 0.3) is 10.0 Å². The Labute approximate surface area is 209 Å². The van der Waals surface area contributed by atoms with Gasteiger partial charge in [0, 0.05) is 17.7 Å². The molecule has 1 amide bonds. The van der Waals surface area contributed by atoms with Crippen molar-refractivity contribution >= 4 is 39.2 Å². The summed E-state index contributed by atoms with van der Waals surface area (Å²) in [6.07, 6.45) is 2.22. The van der Waals surface area contributed by atoms with Crippen LogP contribution in [-0.4, -0.2) is 24.3 Å². The van der Waals surface area contributed by atoms with E-state index in [2.05, 4.69) is 20.0 Å². The molecule has 35 heavy (non-hydrogen) atoms. The molecule has 0 saturated carbocycles. The Balaban J connectivity index is 1.55. The van der Waals surface area contributed by atoms with Gasteiger partial charge in [-0.1, -0.05) is 67.1 Å². The first kappa shape index (κ1) is 24.4. The number of carbonyl (C=O) groups excluding carboxylic acids is 1.